The monoisotopic (exact) mass is 221 g/mol. The molecule has 2 rings (SSSR count). The molecule has 2 aromatic rings. The van der Waals surface area contributed by atoms with Crippen LogP contribution in [0.2, 0.25) is 0 Å². The summed E-state index contributed by atoms with van der Waals surface area (Å²) >= 11 is 1.48. The zero-order valence-corrected chi connectivity index (χ0v) is 9.03. The molecule has 0 saturated heterocycles. The standard InChI is InChI=1S/C9H11N5S/c1-6(10)8-3-2-7(4-11-8)15-9-12-5-13-14-9/h2-6H,10H2,1H3,(H,12,13,14). The molecule has 0 aromatic carbocycles. The molecule has 0 aliphatic carbocycles. The third-order valence-electron chi connectivity index (χ3n) is 1.83. The van der Waals surface area contributed by atoms with Gasteiger partial charge in [-0.15, -0.1) is 0 Å². The summed E-state index contributed by atoms with van der Waals surface area (Å²) in [6, 6.07) is 3.86. The van der Waals surface area contributed by atoms with Crippen molar-refractivity contribution in [2.45, 2.75) is 23.0 Å². The number of pyridine rings is 1. The van der Waals surface area contributed by atoms with E-state index in [1.165, 1.54) is 18.1 Å². The van der Waals surface area contributed by atoms with Crippen molar-refractivity contribution >= 4 is 11.8 Å². The topological polar surface area (TPSA) is 80.5 Å². The molecule has 2 heterocycles. The van der Waals surface area contributed by atoms with Crippen molar-refractivity contribution < 1.29 is 0 Å². The Morgan fingerprint density at radius 2 is 2.27 bits per heavy atom. The maximum atomic E-state index is 5.70. The molecule has 5 nitrogen and oxygen atoms in total. The van der Waals surface area contributed by atoms with Crippen LogP contribution in [-0.2, 0) is 0 Å². The van der Waals surface area contributed by atoms with Gasteiger partial charge in [-0.25, -0.2) is 4.98 Å². The summed E-state index contributed by atoms with van der Waals surface area (Å²) < 4.78 is 0. The van der Waals surface area contributed by atoms with Crippen molar-refractivity contribution in [2.75, 3.05) is 0 Å². The lowest BCUT2D eigenvalue weighted by Crippen LogP contribution is -2.06. The van der Waals surface area contributed by atoms with E-state index in [1.807, 2.05) is 19.1 Å². The summed E-state index contributed by atoms with van der Waals surface area (Å²) in [5, 5.41) is 7.29. The van der Waals surface area contributed by atoms with Crippen LogP contribution < -0.4 is 5.73 Å². The Balaban J connectivity index is 2.11. The van der Waals surface area contributed by atoms with E-state index in [0.29, 0.717) is 0 Å². The largest absolute Gasteiger partial charge is 0.323 e. The van der Waals surface area contributed by atoms with Gasteiger partial charge in [0.2, 0.25) is 0 Å². The van der Waals surface area contributed by atoms with E-state index < -0.39 is 0 Å². The van der Waals surface area contributed by atoms with Crippen LogP contribution in [0.25, 0.3) is 0 Å². The van der Waals surface area contributed by atoms with Crippen molar-refractivity contribution in [1.82, 2.24) is 20.2 Å². The van der Waals surface area contributed by atoms with Crippen molar-refractivity contribution in [1.29, 1.82) is 0 Å². The molecule has 0 bridgehead atoms. The molecule has 0 saturated carbocycles. The van der Waals surface area contributed by atoms with Gasteiger partial charge in [-0.3, -0.25) is 10.1 Å². The molecule has 0 radical (unpaired) electrons. The van der Waals surface area contributed by atoms with Crippen LogP contribution in [0.5, 0.6) is 0 Å². The number of aromatic amines is 1. The van der Waals surface area contributed by atoms with Crippen molar-refractivity contribution in [2.24, 2.45) is 5.73 Å². The van der Waals surface area contributed by atoms with E-state index >= 15 is 0 Å². The summed E-state index contributed by atoms with van der Waals surface area (Å²) in [5.41, 5.74) is 6.59. The van der Waals surface area contributed by atoms with Crippen LogP contribution in [0.3, 0.4) is 0 Å². The summed E-state index contributed by atoms with van der Waals surface area (Å²) in [4.78, 5) is 9.27. The van der Waals surface area contributed by atoms with Gasteiger partial charge < -0.3 is 5.73 Å². The average molecular weight is 221 g/mol. The van der Waals surface area contributed by atoms with Crippen molar-refractivity contribution in [3.05, 3.63) is 30.4 Å². The minimum absolute atomic E-state index is 0.0330. The highest BCUT2D eigenvalue weighted by molar-refractivity contribution is 7.99. The van der Waals surface area contributed by atoms with Gasteiger partial charge in [0.25, 0.3) is 0 Å². The molecule has 0 spiro atoms. The van der Waals surface area contributed by atoms with Gasteiger partial charge in [0.1, 0.15) is 6.33 Å². The van der Waals surface area contributed by atoms with E-state index in [0.717, 1.165) is 15.7 Å². The van der Waals surface area contributed by atoms with Gasteiger partial charge in [-0.2, -0.15) is 5.10 Å². The number of hydrogen-bond acceptors (Lipinski definition) is 5. The second-order valence-electron chi connectivity index (χ2n) is 3.10. The lowest BCUT2D eigenvalue weighted by Gasteiger charge is -2.04. The molecular formula is C9H11N5S. The second-order valence-corrected chi connectivity index (χ2v) is 4.16. The van der Waals surface area contributed by atoms with Gasteiger partial charge in [-0.05, 0) is 30.8 Å². The van der Waals surface area contributed by atoms with Crippen LogP contribution in [0.15, 0.2) is 34.7 Å². The van der Waals surface area contributed by atoms with Gasteiger partial charge in [0.05, 0.1) is 5.69 Å². The maximum Gasteiger partial charge on any atom is 0.188 e. The fraction of sp³-hybridized carbons (Fsp3) is 0.222. The first-order valence-electron chi connectivity index (χ1n) is 4.50. The Morgan fingerprint density at radius 1 is 1.40 bits per heavy atom. The minimum atomic E-state index is -0.0330. The zero-order valence-electron chi connectivity index (χ0n) is 8.21. The Labute approximate surface area is 91.5 Å². The Bertz CT molecular complexity index is 409. The number of rotatable bonds is 3. The van der Waals surface area contributed by atoms with E-state index in [4.69, 9.17) is 5.73 Å². The third kappa shape index (κ3) is 2.54. The predicted molar refractivity (Wildman–Crippen MR) is 57.3 cm³/mol. The Morgan fingerprint density at radius 3 is 2.80 bits per heavy atom. The third-order valence-corrected chi connectivity index (χ3v) is 2.70. The molecule has 1 unspecified atom stereocenters. The van der Waals surface area contributed by atoms with Crippen LogP contribution >= 0.6 is 11.8 Å². The maximum absolute atomic E-state index is 5.70. The Kier molecular flexibility index (Phi) is 2.98. The van der Waals surface area contributed by atoms with Gasteiger partial charge >= 0.3 is 0 Å². The molecule has 6 heteroatoms. The van der Waals surface area contributed by atoms with Gasteiger partial charge in [-0.1, -0.05) is 0 Å². The molecule has 0 amide bonds. The number of nitrogens with zero attached hydrogens (tertiary/aromatic N) is 3. The molecule has 1 atom stereocenters. The highest BCUT2D eigenvalue weighted by Gasteiger charge is 2.03. The molecule has 15 heavy (non-hydrogen) atoms. The minimum Gasteiger partial charge on any atom is -0.323 e. The molecule has 78 valence electrons. The number of nitrogens with two attached hydrogens (primary N) is 1. The fourth-order valence-electron chi connectivity index (χ4n) is 1.08. The fourth-order valence-corrected chi connectivity index (χ4v) is 1.74. The van der Waals surface area contributed by atoms with Crippen LogP contribution in [0.1, 0.15) is 18.7 Å². The second kappa shape index (κ2) is 4.41. The number of H-pyrrole nitrogens is 1. The highest BCUT2D eigenvalue weighted by atomic mass is 32.2. The lowest BCUT2D eigenvalue weighted by atomic mass is 10.2. The summed E-state index contributed by atoms with van der Waals surface area (Å²) in [6.07, 6.45) is 3.26. The smallest absolute Gasteiger partial charge is 0.188 e. The molecule has 0 aliphatic rings. The van der Waals surface area contributed by atoms with Crippen molar-refractivity contribution in [3.63, 3.8) is 0 Å². The van der Waals surface area contributed by atoms with E-state index in [9.17, 15) is 0 Å². The molecule has 3 N–H and O–H groups in total. The normalized spacial score (nSPS) is 12.7. The number of aromatic nitrogens is 4. The number of nitrogens with one attached hydrogen (secondary N) is 1. The molecule has 0 fully saturated rings. The molecule has 2 aromatic heterocycles. The van der Waals surface area contributed by atoms with Gasteiger partial charge in [0.15, 0.2) is 5.16 Å². The summed E-state index contributed by atoms with van der Waals surface area (Å²) in [6.45, 7) is 1.91. The van der Waals surface area contributed by atoms with E-state index in [1.54, 1.807) is 6.20 Å². The van der Waals surface area contributed by atoms with E-state index in [-0.39, 0.29) is 6.04 Å². The molecule has 0 aliphatic heterocycles. The SMILES string of the molecule is CC(N)c1ccc(Sc2ncn[nH]2)cn1. The van der Waals surface area contributed by atoms with Gasteiger partial charge in [0, 0.05) is 17.1 Å². The lowest BCUT2D eigenvalue weighted by molar-refractivity contribution is 0.777. The highest BCUT2D eigenvalue weighted by Crippen LogP contribution is 2.23. The summed E-state index contributed by atoms with van der Waals surface area (Å²) in [7, 11) is 0. The predicted octanol–water partition coefficient (Wildman–Crippen LogP) is 1.37. The van der Waals surface area contributed by atoms with Crippen LogP contribution in [0.4, 0.5) is 0 Å². The first kappa shape index (κ1) is 10.1. The summed E-state index contributed by atoms with van der Waals surface area (Å²) in [5.74, 6) is 0. The van der Waals surface area contributed by atoms with Crippen LogP contribution in [-0.4, -0.2) is 20.2 Å². The Hall–Kier alpha value is -1.40. The quantitative estimate of drug-likeness (QED) is 0.818. The first-order chi connectivity index (χ1) is 7.25. The first-order valence-corrected chi connectivity index (χ1v) is 5.32. The molecular weight excluding hydrogens is 210 g/mol. The van der Waals surface area contributed by atoms with Crippen molar-refractivity contribution in [3.8, 4) is 0 Å². The van der Waals surface area contributed by atoms with E-state index in [2.05, 4.69) is 20.2 Å². The zero-order chi connectivity index (χ0) is 10.7. The number of hydrogen-bond donors (Lipinski definition) is 2. The van der Waals surface area contributed by atoms with Crippen LogP contribution in [0, 0.1) is 0 Å². The average Bonchev–Trinajstić information content (AvgIpc) is 2.71.